The molecule has 106 valence electrons. The Morgan fingerprint density at radius 1 is 1.35 bits per heavy atom. The van der Waals surface area contributed by atoms with Crippen LogP contribution >= 0.6 is 0 Å². The van der Waals surface area contributed by atoms with Crippen LogP contribution in [0.15, 0.2) is 30.5 Å². The van der Waals surface area contributed by atoms with E-state index in [9.17, 15) is 9.59 Å². The summed E-state index contributed by atoms with van der Waals surface area (Å²) in [5, 5.41) is 3.60. The van der Waals surface area contributed by atoms with Crippen LogP contribution in [0.1, 0.15) is 32.4 Å². The number of ether oxygens (including phenoxy) is 1. The average Bonchev–Trinajstić information content (AvgIpc) is 2.80. The van der Waals surface area contributed by atoms with E-state index in [1.54, 1.807) is 20.8 Å². The molecule has 5 heteroatoms. The van der Waals surface area contributed by atoms with Gasteiger partial charge in [-0.1, -0.05) is 12.1 Å². The Hall–Kier alpha value is -2.30. The number of carbonyl (C=O) groups excluding carboxylic acids is 2. The Bertz CT molecular complexity index is 625. The van der Waals surface area contributed by atoms with Crippen molar-refractivity contribution < 1.29 is 14.3 Å². The Labute approximate surface area is 117 Å². The number of carbonyl (C=O) groups is 2. The van der Waals surface area contributed by atoms with Crippen molar-refractivity contribution in [3.05, 3.63) is 36.0 Å². The van der Waals surface area contributed by atoms with E-state index in [-0.39, 0.29) is 0 Å². The quantitative estimate of drug-likeness (QED) is 0.845. The minimum Gasteiger partial charge on any atom is -0.444 e. The van der Waals surface area contributed by atoms with Crippen molar-refractivity contribution in [3.8, 4) is 0 Å². The zero-order valence-corrected chi connectivity index (χ0v) is 11.8. The zero-order valence-electron chi connectivity index (χ0n) is 11.8. The summed E-state index contributed by atoms with van der Waals surface area (Å²) in [6.07, 6.45) is 1.90. The maximum Gasteiger partial charge on any atom is 0.408 e. The number of fused-ring (bicyclic) bond motifs is 1. The molecule has 0 bridgehead atoms. The van der Waals surface area contributed by atoms with Crippen molar-refractivity contribution in [2.75, 3.05) is 0 Å². The fraction of sp³-hybridized carbons (Fsp3) is 0.333. The van der Waals surface area contributed by atoms with Crippen LogP contribution in [0.25, 0.3) is 10.9 Å². The first-order valence-electron chi connectivity index (χ1n) is 6.41. The van der Waals surface area contributed by atoms with Gasteiger partial charge in [0.1, 0.15) is 17.9 Å². The van der Waals surface area contributed by atoms with Gasteiger partial charge in [0, 0.05) is 11.7 Å². The number of H-pyrrole nitrogens is 1. The Morgan fingerprint density at radius 2 is 2.10 bits per heavy atom. The summed E-state index contributed by atoms with van der Waals surface area (Å²) in [5.41, 5.74) is 1.03. The highest BCUT2D eigenvalue weighted by Crippen LogP contribution is 2.19. The maximum atomic E-state index is 11.7. The van der Waals surface area contributed by atoms with Gasteiger partial charge in [0.25, 0.3) is 0 Å². The molecule has 20 heavy (non-hydrogen) atoms. The van der Waals surface area contributed by atoms with Crippen molar-refractivity contribution in [1.29, 1.82) is 0 Å². The van der Waals surface area contributed by atoms with E-state index < -0.39 is 17.7 Å². The van der Waals surface area contributed by atoms with E-state index in [2.05, 4.69) is 10.3 Å². The minimum atomic E-state index is -0.724. The molecule has 0 saturated carbocycles. The molecule has 0 radical (unpaired) electrons. The van der Waals surface area contributed by atoms with Gasteiger partial charge in [0.2, 0.25) is 0 Å². The van der Waals surface area contributed by atoms with E-state index in [0.29, 0.717) is 11.8 Å². The summed E-state index contributed by atoms with van der Waals surface area (Å²) >= 11 is 0. The first-order valence-corrected chi connectivity index (χ1v) is 6.41. The molecule has 1 aromatic heterocycles. The average molecular weight is 274 g/mol. The third kappa shape index (κ3) is 3.38. The fourth-order valence-electron chi connectivity index (χ4n) is 1.89. The Balaban J connectivity index is 2.15. The molecule has 0 aliphatic rings. The topological polar surface area (TPSA) is 71.2 Å². The number of alkyl carbamates (subject to hydrolysis) is 1. The lowest BCUT2D eigenvalue weighted by atomic mass is 10.1. The molecule has 5 nitrogen and oxygen atoms in total. The summed E-state index contributed by atoms with van der Waals surface area (Å²) in [7, 11) is 0. The number of hydrogen-bond donors (Lipinski definition) is 2. The van der Waals surface area contributed by atoms with Gasteiger partial charge in [-0.05, 0) is 43.9 Å². The van der Waals surface area contributed by atoms with Crippen LogP contribution in [0.5, 0.6) is 0 Å². The van der Waals surface area contributed by atoms with Crippen molar-refractivity contribution >= 4 is 23.3 Å². The molecule has 0 saturated heterocycles. The second-order valence-corrected chi connectivity index (χ2v) is 5.58. The molecule has 1 amide bonds. The summed E-state index contributed by atoms with van der Waals surface area (Å²) in [5.74, 6) is 0. The standard InChI is InChI=1S/C15H18N2O3/c1-15(2,3)20-14(19)17-13(9-18)11-5-4-10-6-7-16-12(10)8-11/h4-9,13,16H,1-3H3,(H,17,19). The number of benzene rings is 1. The van der Waals surface area contributed by atoms with Crippen molar-refractivity contribution in [3.63, 3.8) is 0 Å². The molecule has 0 spiro atoms. The molecule has 2 rings (SSSR count). The highest BCUT2D eigenvalue weighted by molar-refractivity contribution is 5.82. The van der Waals surface area contributed by atoms with Crippen molar-refractivity contribution in [1.82, 2.24) is 10.3 Å². The lowest BCUT2D eigenvalue weighted by Gasteiger charge is -2.21. The second kappa shape index (κ2) is 5.36. The molecular weight excluding hydrogens is 256 g/mol. The van der Waals surface area contributed by atoms with E-state index in [0.717, 1.165) is 10.9 Å². The smallest absolute Gasteiger partial charge is 0.408 e. The molecular formula is C15H18N2O3. The van der Waals surface area contributed by atoms with Gasteiger partial charge in [-0.25, -0.2) is 4.79 Å². The molecule has 1 heterocycles. The van der Waals surface area contributed by atoms with Gasteiger partial charge in [0.05, 0.1) is 0 Å². The number of aromatic nitrogens is 1. The Kier molecular flexibility index (Phi) is 3.79. The highest BCUT2D eigenvalue weighted by atomic mass is 16.6. The summed E-state index contributed by atoms with van der Waals surface area (Å²) in [6.45, 7) is 5.31. The van der Waals surface area contributed by atoms with Gasteiger partial charge >= 0.3 is 6.09 Å². The fourth-order valence-corrected chi connectivity index (χ4v) is 1.89. The van der Waals surface area contributed by atoms with E-state index in [4.69, 9.17) is 4.74 Å². The van der Waals surface area contributed by atoms with Crippen molar-refractivity contribution in [2.24, 2.45) is 0 Å². The van der Waals surface area contributed by atoms with E-state index in [1.807, 2.05) is 30.5 Å². The third-order valence-electron chi connectivity index (χ3n) is 2.75. The number of aromatic amines is 1. The number of aldehydes is 1. The largest absolute Gasteiger partial charge is 0.444 e. The predicted octanol–water partition coefficient (Wildman–Crippen LogP) is 2.93. The van der Waals surface area contributed by atoms with Crippen LogP contribution in [0.4, 0.5) is 4.79 Å². The SMILES string of the molecule is CC(C)(C)OC(=O)NC(C=O)c1ccc2cc[nH]c2c1. The van der Waals surface area contributed by atoms with Crippen LogP contribution in [-0.2, 0) is 9.53 Å². The summed E-state index contributed by atoms with van der Waals surface area (Å²) < 4.78 is 5.15. The highest BCUT2D eigenvalue weighted by Gasteiger charge is 2.20. The van der Waals surface area contributed by atoms with Gasteiger partial charge in [-0.15, -0.1) is 0 Å². The lowest BCUT2D eigenvalue weighted by molar-refractivity contribution is -0.109. The maximum absolute atomic E-state index is 11.7. The van der Waals surface area contributed by atoms with Gasteiger partial charge in [0.15, 0.2) is 0 Å². The summed E-state index contributed by atoms with van der Waals surface area (Å²) in [4.78, 5) is 26.0. The molecule has 2 N–H and O–H groups in total. The van der Waals surface area contributed by atoms with Crippen LogP contribution in [0, 0.1) is 0 Å². The summed E-state index contributed by atoms with van der Waals surface area (Å²) in [6, 6.07) is 6.76. The number of hydrogen-bond acceptors (Lipinski definition) is 3. The molecule has 0 fully saturated rings. The number of rotatable bonds is 3. The molecule has 2 aromatic rings. The lowest BCUT2D eigenvalue weighted by Crippen LogP contribution is -2.35. The second-order valence-electron chi connectivity index (χ2n) is 5.58. The number of amides is 1. The van der Waals surface area contributed by atoms with Crippen LogP contribution < -0.4 is 5.32 Å². The first-order chi connectivity index (χ1) is 9.39. The zero-order chi connectivity index (χ0) is 14.8. The minimum absolute atomic E-state index is 0.596. The van der Waals surface area contributed by atoms with E-state index in [1.165, 1.54) is 0 Å². The van der Waals surface area contributed by atoms with Crippen LogP contribution in [-0.4, -0.2) is 23.0 Å². The predicted molar refractivity (Wildman–Crippen MR) is 76.5 cm³/mol. The third-order valence-corrected chi connectivity index (χ3v) is 2.75. The normalized spacial score (nSPS) is 12.9. The van der Waals surface area contributed by atoms with E-state index >= 15 is 0 Å². The first kappa shape index (κ1) is 14.1. The van der Waals surface area contributed by atoms with Crippen LogP contribution in [0.2, 0.25) is 0 Å². The monoisotopic (exact) mass is 274 g/mol. The van der Waals surface area contributed by atoms with Gasteiger partial charge in [-0.3, -0.25) is 0 Å². The molecule has 0 aliphatic heterocycles. The molecule has 0 aliphatic carbocycles. The number of nitrogens with one attached hydrogen (secondary N) is 2. The van der Waals surface area contributed by atoms with Crippen molar-refractivity contribution in [2.45, 2.75) is 32.4 Å². The molecule has 1 aromatic carbocycles. The van der Waals surface area contributed by atoms with Crippen LogP contribution in [0.3, 0.4) is 0 Å². The van der Waals surface area contributed by atoms with Gasteiger partial charge in [-0.2, -0.15) is 0 Å². The molecule has 1 atom stereocenters. The Morgan fingerprint density at radius 3 is 2.75 bits per heavy atom. The molecule has 1 unspecified atom stereocenters. The van der Waals surface area contributed by atoms with Gasteiger partial charge < -0.3 is 19.8 Å².